The Balaban J connectivity index is 0.00000205. The van der Waals surface area contributed by atoms with Crippen molar-refractivity contribution in [2.24, 2.45) is 0 Å². The second-order valence-electron chi connectivity index (χ2n) is 12.1. The zero-order valence-corrected chi connectivity index (χ0v) is 27.5. The zero-order chi connectivity index (χ0) is 35.2. The number of thiophene rings is 1. The largest absolute Gasteiger partial charge is 0.472 e. The van der Waals surface area contributed by atoms with Gasteiger partial charge in [-0.2, -0.15) is 28.4 Å². The molecular weight excluding hydrogens is 674 g/mol. The van der Waals surface area contributed by atoms with Gasteiger partial charge in [-0.3, -0.25) is 4.90 Å². The number of fused-ring (bicyclic) bond motifs is 3. The quantitative estimate of drug-likeness (QED) is 0.188. The lowest BCUT2D eigenvalue weighted by Gasteiger charge is -2.30. The van der Waals surface area contributed by atoms with Gasteiger partial charge in [-0.05, 0) is 50.0 Å². The van der Waals surface area contributed by atoms with Gasteiger partial charge >= 0.3 is 12.2 Å². The number of alkyl halides is 4. The van der Waals surface area contributed by atoms with Crippen molar-refractivity contribution in [3.8, 4) is 29.1 Å². The molecule has 3 aliphatic rings. The number of benzene rings is 2. The van der Waals surface area contributed by atoms with Crippen LogP contribution in [0.2, 0.25) is 0 Å². The fourth-order valence-electron chi connectivity index (χ4n) is 7.19. The molecule has 4 N–H and O–H groups in total. The van der Waals surface area contributed by atoms with E-state index in [1.807, 2.05) is 18.7 Å². The van der Waals surface area contributed by atoms with Crippen LogP contribution in [0.25, 0.3) is 32.1 Å². The summed E-state index contributed by atoms with van der Waals surface area (Å²) in [6.07, 6.45) is -4.85. The van der Waals surface area contributed by atoms with Gasteiger partial charge in [-0.1, -0.05) is 19.9 Å². The molecule has 2 aromatic carbocycles. The minimum absolute atomic E-state index is 0.0456. The third-order valence-corrected chi connectivity index (χ3v) is 10.4. The summed E-state index contributed by atoms with van der Waals surface area (Å²) < 4.78 is 102. The molecule has 7 rings (SSSR count). The van der Waals surface area contributed by atoms with Gasteiger partial charge in [0.15, 0.2) is 5.82 Å². The average molecular weight is 709 g/mol. The first-order valence-electron chi connectivity index (χ1n) is 16.0. The maximum atomic E-state index is 16.8. The number of hydrogen-bond acceptors (Lipinski definition) is 10. The van der Waals surface area contributed by atoms with Crippen molar-refractivity contribution in [2.45, 2.75) is 69.6 Å². The molecule has 5 heterocycles. The number of halogens is 6. The van der Waals surface area contributed by atoms with Gasteiger partial charge in [0.1, 0.15) is 41.3 Å². The van der Waals surface area contributed by atoms with Crippen molar-refractivity contribution in [1.82, 2.24) is 20.2 Å². The van der Waals surface area contributed by atoms with Gasteiger partial charge < -0.3 is 25.6 Å². The molecule has 3 saturated heterocycles. The summed E-state index contributed by atoms with van der Waals surface area (Å²) >= 11 is 0.666. The minimum Gasteiger partial charge on any atom is -0.472 e. The molecule has 262 valence electrons. The molecule has 9 nitrogen and oxygen atoms in total. The number of nitriles is 1. The third-order valence-electron chi connectivity index (χ3n) is 9.35. The Labute approximate surface area is 281 Å². The van der Waals surface area contributed by atoms with Gasteiger partial charge in [0.25, 0.3) is 0 Å². The summed E-state index contributed by atoms with van der Waals surface area (Å²) in [5.74, 6) is -2.66. The first-order valence-corrected chi connectivity index (χ1v) is 16.8. The van der Waals surface area contributed by atoms with Crippen molar-refractivity contribution in [1.29, 1.82) is 5.26 Å². The molecule has 3 aliphatic heterocycles. The molecule has 0 bridgehead atoms. The second kappa shape index (κ2) is 13.4. The van der Waals surface area contributed by atoms with E-state index in [1.165, 1.54) is 0 Å². The van der Waals surface area contributed by atoms with E-state index in [0.717, 1.165) is 18.6 Å². The monoisotopic (exact) mass is 708 g/mol. The van der Waals surface area contributed by atoms with Crippen molar-refractivity contribution in [3.05, 3.63) is 41.0 Å². The Morgan fingerprint density at radius 3 is 2.73 bits per heavy atom. The molecule has 4 aromatic rings. The van der Waals surface area contributed by atoms with E-state index in [0.29, 0.717) is 43.3 Å². The van der Waals surface area contributed by atoms with Gasteiger partial charge in [0.05, 0.1) is 39.4 Å². The lowest BCUT2D eigenvalue weighted by Crippen LogP contribution is -2.43. The molecule has 0 amide bonds. The van der Waals surface area contributed by atoms with Crippen molar-refractivity contribution in [2.75, 3.05) is 38.6 Å². The second-order valence-corrected chi connectivity index (χ2v) is 13.2. The number of nitrogens with zero attached hydrogens (tertiary/aromatic N) is 4. The maximum Gasteiger partial charge on any atom is 0.417 e. The van der Waals surface area contributed by atoms with Crippen molar-refractivity contribution < 1.29 is 40.9 Å². The van der Waals surface area contributed by atoms with Crippen molar-refractivity contribution in [3.63, 3.8) is 0 Å². The lowest BCUT2D eigenvalue weighted by molar-refractivity contribution is -0.137. The standard InChI is InChI=1S/C31H28F6N6O3S.C2H6/c32-14-9-30(5-1-7-43(30)11-14)13-45-29-41-25-16(28(42-29)46-21-4-6-40-20(21)12-44)8-18(31(35,36)37)23(24(25)34)15-2-3-19(33)26-22(15)17(10-38)27(39)47-26;1-2/h2-3,8,14,20-21,40,44H,1,4-7,9,11-13,39H2;1-2H3. The van der Waals surface area contributed by atoms with E-state index in [1.54, 1.807) is 6.07 Å². The van der Waals surface area contributed by atoms with E-state index in [4.69, 9.17) is 15.2 Å². The van der Waals surface area contributed by atoms with Gasteiger partial charge in [-0.15, -0.1) is 11.3 Å². The van der Waals surface area contributed by atoms with Gasteiger partial charge in [0, 0.05) is 23.9 Å². The highest BCUT2D eigenvalue weighted by Gasteiger charge is 2.49. The van der Waals surface area contributed by atoms with Gasteiger partial charge in [0.2, 0.25) is 5.88 Å². The molecule has 0 saturated carbocycles. The normalized spacial score (nSPS) is 23.8. The summed E-state index contributed by atoms with van der Waals surface area (Å²) in [4.78, 5) is 10.5. The predicted octanol–water partition coefficient (Wildman–Crippen LogP) is 6.35. The molecule has 3 fully saturated rings. The Hall–Kier alpha value is -3.91. The van der Waals surface area contributed by atoms with Crippen LogP contribution >= 0.6 is 11.3 Å². The number of ether oxygens (including phenoxy) is 2. The van der Waals surface area contributed by atoms with E-state index in [2.05, 4.69) is 15.3 Å². The van der Waals surface area contributed by atoms with E-state index in [-0.39, 0.29) is 46.8 Å². The molecular formula is C33H34F6N6O3S. The molecule has 0 aliphatic carbocycles. The topological polar surface area (TPSA) is 130 Å². The zero-order valence-electron chi connectivity index (χ0n) is 26.6. The summed E-state index contributed by atoms with van der Waals surface area (Å²) in [6, 6.07) is 3.34. The van der Waals surface area contributed by atoms with Crippen LogP contribution in [0.1, 0.15) is 50.7 Å². The number of aliphatic hydroxyl groups is 1. The van der Waals surface area contributed by atoms with E-state index in [9.17, 15) is 32.3 Å². The highest BCUT2D eigenvalue weighted by molar-refractivity contribution is 7.23. The Morgan fingerprint density at radius 1 is 1.24 bits per heavy atom. The number of nitrogens with one attached hydrogen (secondary N) is 1. The predicted molar refractivity (Wildman–Crippen MR) is 172 cm³/mol. The number of aromatic nitrogens is 2. The molecule has 0 spiro atoms. The average Bonchev–Trinajstić information content (AvgIpc) is 3.83. The molecule has 49 heavy (non-hydrogen) atoms. The van der Waals surface area contributed by atoms with Crippen LogP contribution in [0.3, 0.4) is 0 Å². The number of nitrogens with two attached hydrogens (primary N) is 1. The van der Waals surface area contributed by atoms with Crippen LogP contribution in [0.15, 0.2) is 18.2 Å². The molecule has 4 atom stereocenters. The highest BCUT2D eigenvalue weighted by Crippen LogP contribution is 2.48. The van der Waals surface area contributed by atoms with Crippen LogP contribution in [-0.2, 0) is 6.18 Å². The number of nitrogen functional groups attached to an aromatic ring is 1. The summed E-state index contributed by atoms with van der Waals surface area (Å²) in [5.41, 5.74) is 1.62. The minimum atomic E-state index is -5.13. The first-order chi connectivity index (χ1) is 23.4. The summed E-state index contributed by atoms with van der Waals surface area (Å²) in [5, 5.41) is 21.8. The lowest BCUT2D eigenvalue weighted by atomic mass is 9.92. The molecule has 0 radical (unpaired) electrons. The number of rotatable bonds is 7. The fraction of sp³-hybridized carbons (Fsp3) is 0.485. The number of anilines is 1. The van der Waals surface area contributed by atoms with Crippen molar-refractivity contribution >= 4 is 37.3 Å². The van der Waals surface area contributed by atoms with E-state index < -0.39 is 81.2 Å². The fourth-order valence-corrected chi connectivity index (χ4v) is 8.14. The Morgan fingerprint density at radius 2 is 2.02 bits per heavy atom. The summed E-state index contributed by atoms with van der Waals surface area (Å²) in [6.45, 7) is 4.99. The number of aliphatic hydroxyl groups excluding tert-OH is 1. The van der Waals surface area contributed by atoms with Crippen LogP contribution in [-0.4, -0.2) is 76.7 Å². The van der Waals surface area contributed by atoms with Crippen LogP contribution in [0.5, 0.6) is 11.9 Å². The smallest absolute Gasteiger partial charge is 0.417 e. The van der Waals surface area contributed by atoms with Crippen LogP contribution in [0.4, 0.5) is 31.3 Å². The molecule has 2 aromatic heterocycles. The first kappa shape index (κ1) is 34.9. The van der Waals surface area contributed by atoms with Crippen LogP contribution in [0, 0.1) is 23.0 Å². The SMILES string of the molecule is CC.N#Cc1c(N)sc2c(F)ccc(-c3c(C(F)(F)F)cc4c(OC5CCNC5CO)nc(OCC56CCCN5CC(F)C6)nc4c3F)c12. The molecule has 16 heteroatoms. The Bertz CT molecular complexity index is 1930. The summed E-state index contributed by atoms with van der Waals surface area (Å²) in [7, 11) is 0. The van der Waals surface area contributed by atoms with Crippen LogP contribution < -0.4 is 20.5 Å². The maximum absolute atomic E-state index is 16.8. The third kappa shape index (κ3) is 6.11. The van der Waals surface area contributed by atoms with Gasteiger partial charge in [-0.25, -0.2) is 13.2 Å². The number of hydrogen-bond donors (Lipinski definition) is 3. The molecule has 4 unspecified atom stereocenters. The highest BCUT2D eigenvalue weighted by atomic mass is 32.1. The van der Waals surface area contributed by atoms with E-state index >= 15 is 4.39 Å². The Kier molecular flexibility index (Phi) is 9.57.